The molecule has 3 heterocycles. The number of thioether (sulfide) groups is 1. The van der Waals surface area contributed by atoms with Gasteiger partial charge in [0.2, 0.25) is 0 Å². The van der Waals surface area contributed by atoms with Crippen LogP contribution in [0.15, 0.2) is 40.3 Å². The lowest BCUT2D eigenvalue weighted by Gasteiger charge is -2.13. The van der Waals surface area contributed by atoms with Gasteiger partial charge in [0.05, 0.1) is 17.7 Å². The number of nitrogens with zero attached hydrogens (tertiary/aromatic N) is 2. The van der Waals surface area contributed by atoms with Gasteiger partial charge in [0.1, 0.15) is 10.1 Å². The van der Waals surface area contributed by atoms with Crippen LogP contribution in [-0.2, 0) is 22.4 Å². The molecule has 5 nitrogen and oxygen atoms in total. The molecule has 2 aliphatic rings. The van der Waals surface area contributed by atoms with E-state index >= 15 is 0 Å². The van der Waals surface area contributed by atoms with Gasteiger partial charge in [-0.2, -0.15) is 0 Å². The second kappa shape index (κ2) is 6.25. The van der Waals surface area contributed by atoms with E-state index in [1.165, 1.54) is 22.2 Å². The third-order valence-corrected chi connectivity index (χ3v) is 7.24. The van der Waals surface area contributed by atoms with Crippen molar-refractivity contribution in [3.63, 3.8) is 0 Å². The van der Waals surface area contributed by atoms with Gasteiger partial charge in [-0.3, -0.25) is 14.2 Å². The number of rotatable bonds is 3. The highest BCUT2D eigenvalue weighted by molar-refractivity contribution is 8.00. The minimum Gasteiger partial charge on any atom is -0.465 e. The van der Waals surface area contributed by atoms with E-state index in [1.54, 1.807) is 15.9 Å². The molecule has 0 radical (unpaired) electrons. The van der Waals surface area contributed by atoms with Crippen molar-refractivity contribution in [3.05, 3.63) is 51.1 Å². The molecular formula is C19H16N2O3S2. The fourth-order valence-corrected chi connectivity index (χ4v) is 6.00. The van der Waals surface area contributed by atoms with Gasteiger partial charge >= 0.3 is 5.97 Å². The summed E-state index contributed by atoms with van der Waals surface area (Å²) in [5.74, 6) is -0.224. The molecule has 7 heteroatoms. The number of esters is 1. The number of aromatic nitrogens is 2. The highest BCUT2D eigenvalue weighted by Crippen LogP contribution is 2.37. The van der Waals surface area contributed by atoms with Crippen LogP contribution in [-0.4, -0.2) is 27.4 Å². The van der Waals surface area contributed by atoms with E-state index in [-0.39, 0.29) is 16.8 Å². The summed E-state index contributed by atoms with van der Waals surface area (Å²) in [4.78, 5) is 32.2. The predicted molar refractivity (Wildman–Crippen MR) is 102 cm³/mol. The molecule has 3 aromatic rings. The van der Waals surface area contributed by atoms with Crippen LogP contribution in [0.2, 0.25) is 0 Å². The smallest absolute Gasteiger partial charge is 0.319 e. The number of cyclic esters (lactones) is 1. The molecule has 0 saturated carbocycles. The SMILES string of the molecule is O=C1OCC[C@@H]1Sc1nc2sc3c(c2c(=O)n1-c1ccccc1)CCC3. The van der Waals surface area contributed by atoms with Gasteiger partial charge < -0.3 is 4.74 Å². The normalized spacial score (nSPS) is 19.1. The van der Waals surface area contributed by atoms with Crippen molar-refractivity contribution in [2.45, 2.75) is 36.1 Å². The maximum atomic E-state index is 13.4. The van der Waals surface area contributed by atoms with Crippen molar-refractivity contribution >= 4 is 39.3 Å². The average Bonchev–Trinajstić information content (AvgIpc) is 3.32. The lowest BCUT2D eigenvalue weighted by atomic mass is 10.2. The van der Waals surface area contributed by atoms with Crippen LogP contribution in [0.5, 0.6) is 0 Å². The number of hydrogen-bond acceptors (Lipinski definition) is 6. The average molecular weight is 384 g/mol. The second-order valence-electron chi connectivity index (χ2n) is 6.47. The molecule has 1 aromatic carbocycles. The Morgan fingerprint density at radius 3 is 2.81 bits per heavy atom. The zero-order valence-electron chi connectivity index (χ0n) is 13.9. The van der Waals surface area contributed by atoms with Crippen LogP contribution in [0.4, 0.5) is 0 Å². The fourth-order valence-electron chi connectivity index (χ4n) is 3.62. The zero-order chi connectivity index (χ0) is 17.7. The van der Waals surface area contributed by atoms with Gasteiger partial charge in [-0.1, -0.05) is 30.0 Å². The van der Waals surface area contributed by atoms with Crippen LogP contribution in [0.25, 0.3) is 15.9 Å². The molecule has 1 atom stereocenters. The highest BCUT2D eigenvalue weighted by Gasteiger charge is 2.31. The van der Waals surface area contributed by atoms with E-state index in [0.717, 1.165) is 35.2 Å². The molecule has 0 N–H and O–H groups in total. The van der Waals surface area contributed by atoms with Crippen LogP contribution in [0.1, 0.15) is 23.3 Å². The molecular weight excluding hydrogens is 368 g/mol. The number of thiophene rings is 1. The summed E-state index contributed by atoms with van der Waals surface area (Å²) < 4.78 is 6.74. The van der Waals surface area contributed by atoms with Crippen LogP contribution >= 0.6 is 23.1 Å². The fraction of sp³-hybridized carbons (Fsp3) is 0.316. The molecule has 0 bridgehead atoms. The Kier molecular flexibility index (Phi) is 3.86. The van der Waals surface area contributed by atoms with Crippen molar-refractivity contribution in [2.24, 2.45) is 0 Å². The Balaban J connectivity index is 1.74. The van der Waals surface area contributed by atoms with Gasteiger partial charge in [-0.05, 0) is 37.0 Å². The lowest BCUT2D eigenvalue weighted by Crippen LogP contribution is -2.23. The minimum absolute atomic E-state index is 0.0329. The number of ether oxygens (including phenoxy) is 1. The number of carbonyl (C=O) groups excluding carboxylic acids is 1. The first-order chi connectivity index (χ1) is 12.7. The molecule has 0 unspecified atom stereocenters. The summed E-state index contributed by atoms with van der Waals surface area (Å²) >= 11 is 2.96. The monoisotopic (exact) mass is 384 g/mol. The summed E-state index contributed by atoms with van der Waals surface area (Å²) in [7, 11) is 0. The predicted octanol–water partition coefficient (Wildman–Crippen LogP) is 3.34. The first-order valence-electron chi connectivity index (χ1n) is 8.68. The van der Waals surface area contributed by atoms with E-state index in [1.807, 2.05) is 30.3 Å². The first kappa shape index (κ1) is 16.1. The Bertz CT molecular complexity index is 1070. The van der Waals surface area contributed by atoms with Gasteiger partial charge in [0.25, 0.3) is 5.56 Å². The Labute approximate surface area is 158 Å². The number of fused-ring (bicyclic) bond motifs is 3. The summed E-state index contributed by atoms with van der Waals surface area (Å²) in [5.41, 5.74) is 1.91. The van der Waals surface area contributed by atoms with Crippen molar-refractivity contribution in [1.82, 2.24) is 9.55 Å². The Hall–Kier alpha value is -2.12. The van der Waals surface area contributed by atoms with Crippen molar-refractivity contribution in [3.8, 4) is 5.69 Å². The Morgan fingerprint density at radius 2 is 2.04 bits per heavy atom. The van der Waals surface area contributed by atoms with Gasteiger partial charge in [-0.25, -0.2) is 4.98 Å². The summed E-state index contributed by atoms with van der Waals surface area (Å²) in [6, 6.07) is 9.53. The Morgan fingerprint density at radius 1 is 1.19 bits per heavy atom. The zero-order valence-corrected chi connectivity index (χ0v) is 15.6. The number of para-hydroxylation sites is 1. The molecule has 1 saturated heterocycles. The third-order valence-electron chi connectivity index (χ3n) is 4.86. The summed E-state index contributed by atoms with van der Waals surface area (Å²) in [5, 5.41) is 1.02. The van der Waals surface area contributed by atoms with Crippen molar-refractivity contribution in [1.29, 1.82) is 0 Å². The minimum atomic E-state index is -0.305. The topological polar surface area (TPSA) is 61.2 Å². The number of carbonyl (C=O) groups is 1. The van der Waals surface area contributed by atoms with E-state index in [9.17, 15) is 9.59 Å². The molecule has 0 spiro atoms. The molecule has 2 aromatic heterocycles. The maximum Gasteiger partial charge on any atom is 0.319 e. The van der Waals surface area contributed by atoms with Crippen molar-refractivity contribution in [2.75, 3.05) is 6.61 Å². The van der Waals surface area contributed by atoms with E-state index in [0.29, 0.717) is 18.2 Å². The number of benzene rings is 1. The molecule has 1 aliphatic heterocycles. The van der Waals surface area contributed by atoms with Crippen LogP contribution in [0.3, 0.4) is 0 Å². The van der Waals surface area contributed by atoms with Crippen molar-refractivity contribution < 1.29 is 9.53 Å². The molecule has 26 heavy (non-hydrogen) atoms. The highest BCUT2D eigenvalue weighted by atomic mass is 32.2. The van der Waals surface area contributed by atoms with Crippen LogP contribution in [0, 0.1) is 0 Å². The van der Waals surface area contributed by atoms with Gasteiger partial charge in [0.15, 0.2) is 5.16 Å². The van der Waals surface area contributed by atoms with E-state index in [2.05, 4.69) is 0 Å². The third kappa shape index (κ3) is 2.49. The molecule has 1 aliphatic carbocycles. The number of hydrogen-bond donors (Lipinski definition) is 0. The lowest BCUT2D eigenvalue weighted by molar-refractivity contribution is -0.137. The first-order valence-corrected chi connectivity index (χ1v) is 10.4. The number of aryl methyl sites for hydroxylation is 2. The molecule has 132 valence electrons. The quantitative estimate of drug-likeness (QED) is 0.512. The van der Waals surface area contributed by atoms with E-state index < -0.39 is 0 Å². The molecule has 0 amide bonds. The van der Waals surface area contributed by atoms with Gasteiger partial charge in [-0.15, -0.1) is 11.3 Å². The molecule has 5 rings (SSSR count). The van der Waals surface area contributed by atoms with E-state index in [4.69, 9.17) is 9.72 Å². The van der Waals surface area contributed by atoms with Crippen LogP contribution < -0.4 is 5.56 Å². The standard InChI is InChI=1S/C19H16N2O3S2/c22-17-15-12-7-4-8-13(12)25-16(15)20-19(26-14-9-10-24-18(14)23)21(17)11-5-2-1-3-6-11/h1-3,5-6,14H,4,7-10H2/t14-/m0/s1. The molecule has 1 fully saturated rings. The van der Waals surface area contributed by atoms with Gasteiger partial charge in [0, 0.05) is 11.3 Å². The maximum absolute atomic E-state index is 13.4. The second-order valence-corrected chi connectivity index (χ2v) is 8.72. The summed E-state index contributed by atoms with van der Waals surface area (Å²) in [6.07, 6.45) is 3.72. The summed E-state index contributed by atoms with van der Waals surface area (Å²) in [6.45, 7) is 0.432. The largest absolute Gasteiger partial charge is 0.465 e.